The van der Waals surface area contributed by atoms with E-state index in [2.05, 4.69) is 10.3 Å². The van der Waals surface area contributed by atoms with Crippen LogP contribution in [0.25, 0.3) is 21.8 Å². The molecule has 1 saturated heterocycles. The van der Waals surface area contributed by atoms with Crippen molar-refractivity contribution >= 4 is 29.0 Å². The first-order valence-corrected chi connectivity index (χ1v) is 12.5. The second-order valence-corrected chi connectivity index (χ2v) is 9.68. The second kappa shape index (κ2) is 10.2. The van der Waals surface area contributed by atoms with Gasteiger partial charge in [-0.05, 0) is 31.4 Å². The van der Waals surface area contributed by atoms with Gasteiger partial charge in [-0.3, -0.25) is 9.59 Å². The second-order valence-electron chi connectivity index (χ2n) is 8.68. The maximum absolute atomic E-state index is 13.8. The van der Waals surface area contributed by atoms with Gasteiger partial charge in [0.15, 0.2) is 0 Å². The molecule has 1 unspecified atom stereocenters. The SMILES string of the molecule is Cc1cccnc1NC(=O)C1CCCN(C(=O)c2sc(-c3ccccc3)nc2-c2ccccc2)C1. The molecule has 1 fully saturated rings. The fourth-order valence-electron chi connectivity index (χ4n) is 4.32. The average Bonchev–Trinajstić information content (AvgIpc) is 3.36. The number of aryl methyl sites for hydroxylation is 1. The zero-order chi connectivity index (χ0) is 24.2. The normalized spacial score (nSPS) is 15.6. The predicted octanol–water partition coefficient (Wildman–Crippen LogP) is 5.67. The van der Waals surface area contributed by atoms with Crippen molar-refractivity contribution in [2.75, 3.05) is 18.4 Å². The van der Waals surface area contributed by atoms with Crippen LogP contribution in [-0.2, 0) is 4.79 Å². The number of thiazole rings is 1. The van der Waals surface area contributed by atoms with Gasteiger partial charge in [-0.1, -0.05) is 66.7 Å². The number of aromatic nitrogens is 2. The van der Waals surface area contributed by atoms with Gasteiger partial charge in [0.05, 0.1) is 11.6 Å². The number of carbonyl (C=O) groups excluding carboxylic acids is 2. The van der Waals surface area contributed by atoms with Gasteiger partial charge in [0.2, 0.25) is 5.91 Å². The highest BCUT2D eigenvalue weighted by molar-refractivity contribution is 7.17. The number of piperidine rings is 1. The molecule has 1 N–H and O–H groups in total. The standard InChI is InChI=1S/C28H26N4O2S/c1-19-10-8-16-29-25(19)31-26(33)22-15-9-17-32(18-22)28(34)24-23(20-11-4-2-5-12-20)30-27(35-24)21-13-6-3-7-14-21/h2-8,10-14,16,22H,9,15,17-18H2,1H3,(H,29,31,33). The third kappa shape index (κ3) is 5.00. The van der Waals surface area contributed by atoms with Crippen LogP contribution in [0.1, 0.15) is 28.1 Å². The molecule has 7 heteroatoms. The van der Waals surface area contributed by atoms with Crippen LogP contribution in [0.4, 0.5) is 5.82 Å². The molecule has 6 nitrogen and oxygen atoms in total. The molecule has 2 aromatic heterocycles. The Kier molecular flexibility index (Phi) is 6.68. The van der Waals surface area contributed by atoms with Crippen molar-refractivity contribution in [1.82, 2.24) is 14.9 Å². The third-order valence-corrected chi connectivity index (χ3v) is 7.31. The summed E-state index contributed by atoms with van der Waals surface area (Å²) in [5, 5.41) is 3.75. The number of anilines is 1. The summed E-state index contributed by atoms with van der Waals surface area (Å²) in [7, 11) is 0. The Labute approximate surface area is 208 Å². The van der Waals surface area contributed by atoms with Crippen molar-refractivity contribution < 1.29 is 9.59 Å². The number of hydrogen-bond acceptors (Lipinski definition) is 5. The molecule has 5 rings (SSSR count). The molecule has 4 aromatic rings. The van der Waals surface area contributed by atoms with Gasteiger partial charge in [0.25, 0.3) is 5.91 Å². The maximum Gasteiger partial charge on any atom is 0.266 e. The quantitative estimate of drug-likeness (QED) is 0.398. The molecule has 0 radical (unpaired) electrons. The van der Waals surface area contributed by atoms with Crippen molar-refractivity contribution in [3.8, 4) is 21.8 Å². The Morgan fingerprint density at radius 3 is 2.40 bits per heavy atom. The van der Waals surface area contributed by atoms with Crippen molar-refractivity contribution in [2.24, 2.45) is 5.92 Å². The molecular formula is C28H26N4O2S. The van der Waals surface area contributed by atoms with Crippen molar-refractivity contribution in [2.45, 2.75) is 19.8 Å². The van der Waals surface area contributed by atoms with Gasteiger partial charge >= 0.3 is 0 Å². The number of amides is 2. The lowest BCUT2D eigenvalue weighted by molar-refractivity contribution is -0.121. The van der Waals surface area contributed by atoms with E-state index >= 15 is 0 Å². The highest BCUT2D eigenvalue weighted by atomic mass is 32.1. The van der Waals surface area contributed by atoms with Gasteiger partial charge < -0.3 is 10.2 Å². The number of nitrogens with one attached hydrogen (secondary N) is 1. The van der Waals surface area contributed by atoms with Crippen LogP contribution >= 0.6 is 11.3 Å². The summed E-state index contributed by atoms with van der Waals surface area (Å²) in [4.78, 5) is 38.3. The summed E-state index contributed by atoms with van der Waals surface area (Å²) < 4.78 is 0. The smallest absolute Gasteiger partial charge is 0.266 e. The summed E-state index contributed by atoms with van der Waals surface area (Å²) in [6.07, 6.45) is 3.18. The van der Waals surface area contributed by atoms with Crippen LogP contribution in [0.2, 0.25) is 0 Å². The first-order valence-electron chi connectivity index (χ1n) is 11.7. The molecular weight excluding hydrogens is 456 g/mol. The van der Waals surface area contributed by atoms with E-state index in [4.69, 9.17) is 4.98 Å². The molecule has 0 bridgehead atoms. The maximum atomic E-state index is 13.8. The highest BCUT2D eigenvalue weighted by Crippen LogP contribution is 2.35. The molecule has 176 valence electrons. The first-order chi connectivity index (χ1) is 17.1. The topological polar surface area (TPSA) is 75.2 Å². The van der Waals surface area contributed by atoms with Gasteiger partial charge in [0, 0.05) is 30.4 Å². The van der Waals surface area contributed by atoms with E-state index in [0.29, 0.717) is 29.5 Å². The Morgan fingerprint density at radius 2 is 1.69 bits per heavy atom. The molecule has 2 aromatic carbocycles. The monoisotopic (exact) mass is 482 g/mol. The van der Waals surface area contributed by atoms with Crippen molar-refractivity contribution in [3.63, 3.8) is 0 Å². The molecule has 2 amide bonds. The van der Waals surface area contributed by atoms with E-state index in [0.717, 1.165) is 34.5 Å². The number of likely N-dealkylation sites (tertiary alicyclic amines) is 1. The number of nitrogens with zero attached hydrogens (tertiary/aromatic N) is 3. The van der Waals surface area contributed by atoms with Crippen LogP contribution < -0.4 is 5.32 Å². The van der Waals surface area contributed by atoms with Gasteiger partial charge in [-0.15, -0.1) is 11.3 Å². The largest absolute Gasteiger partial charge is 0.337 e. The molecule has 0 spiro atoms. The van der Waals surface area contributed by atoms with Crippen LogP contribution in [0, 0.1) is 12.8 Å². The number of pyridine rings is 1. The Bertz CT molecular complexity index is 1340. The van der Waals surface area contributed by atoms with Gasteiger partial charge in [-0.25, -0.2) is 9.97 Å². The first kappa shape index (κ1) is 22.9. The number of carbonyl (C=O) groups is 2. The minimum atomic E-state index is -0.282. The fourth-order valence-corrected chi connectivity index (χ4v) is 5.38. The van der Waals surface area contributed by atoms with E-state index in [1.807, 2.05) is 79.7 Å². The lowest BCUT2D eigenvalue weighted by Crippen LogP contribution is -2.43. The Balaban J connectivity index is 1.40. The summed E-state index contributed by atoms with van der Waals surface area (Å²) in [5.74, 6) is 0.120. The zero-order valence-corrected chi connectivity index (χ0v) is 20.3. The zero-order valence-electron chi connectivity index (χ0n) is 19.5. The number of rotatable bonds is 5. The van der Waals surface area contributed by atoms with Gasteiger partial charge in [-0.2, -0.15) is 0 Å². The highest BCUT2D eigenvalue weighted by Gasteiger charge is 2.32. The van der Waals surface area contributed by atoms with Crippen molar-refractivity contribution in [3.05, 3.63) is 89.4 Å². The van der Waals surface area contributed by atoms with E-state index in [-0.39, 0.29) is 17.7 Å². The number of benzene rings is 2. The van der Waals surface area contributed by atoms with Crippen LogP contribution in [0.5, 0.6) is 0 Å². The van der Waals surface area contributed by atoms with Crippen LogP contribution in [0.15, 0.2) is 79.0 Å². The van der Waals surface area contributed by atoms with E-state index in [9.17, 15) is 9.59 Å². The number of hydrogen-bond donors (Lipinski definition) is 1. The molecule has 0 saturated carbocycles. The van der Waals surface area contributed by atoms with Crippen LogP contribution in [0.3, 0.4) is 0 Å². The van der Waals surface area contributed by atoms with E-state index in [1.54, 1.807) is 11.1 Å². The van der Waals surface area contributed by atoms with Crippen molar-refractivity contribution in [1.29, 1.82) is 0 Å². The molecule has 1 aliphatic heterocycles. The van der Waals surface area contributed by atoms with E-state index < -0.39 is 0 Å². The average molecular weight is 483 g/mol. The van der Waals surface area contributed by atoms with Crippen LogP contribution in [-0.4, -0.2) is 39.8 Å². The Morgan fingerprint density at radius 1 is 0.971 bits per heavy atom. The molecule has 35 heavy (non-hydrogen) atoms. The molecule has 1 aliphatic rings. The Hall–Kier alpha value is -3.84. The lowest BCUT2D eigenvalue weighted by atomic mass is 9.96. The molecule has 1 atom stereocenters. The molecule has 3 heterocycles. The summed E-state index contributed by atoms with van der Waals surface area (Å²) in [5.41, 5.74) is 3.49. The lowest BCUT2D eigenvalue weighted by Gasteiger charge is -2.32. The van der Waals surface area contributed by atoms with E-state index in [1.165, 1.54) is 11.3 Å². The minimum Gasteiger partial charge on any atom is -0.337 e. The minimum absolute atomic E-state index is 0.0740. The summed E-state index contributed by atoms with van der Waals surface area (Å²) in [6.45, 7) is 2.92. The third-order valence-electron chi connectivity index (χ3n) is 6.22. The summed E-state index contributed by atoms with van der Waals surface area (Å²) in [6, 6.07) is 23.5. The summed E-state index contributed by atoms with van der Waals surface area (Å²) >= 11 is 1.41. The predicted molar refractivity (Wildman–Crippen MR) is 139 cm³/mol. The van der Waals surface area contributed by atoms with Gasteiger partial charge in [0.1, 0.15) is 15.7 Å². The molecule has 0 aliphatic carbocycles. The fraction of sp³-hybridized carbons (Fsp3) is 0.214.